The molecule has 3 amide bonds. The number of carbonyl (C=O) groups excluding carboxylic acids is 2. The van der Waals surface area contributed by atoms with Gasteiger partial charge in [0, 0.05) is 12.1 Å². The molecule has 1 saturated heterocycles. The Morgan fingerprint density at radius 3 is 2.41 bits per heavy atom. The molecule has 1 fully saturated rings. The van der Waals surface area contributed by atoms with Gasteiger partial charge in [0.15, 0.2) is 0 Å². The van der Waals surface area contributed by atoms with Crippen molar-refractivity contribution >= 4 is 68.9 Å². The number of urea groups is 1. The molecule has 1 aliphatic heterocycles. The summed E-state index contributed by atoms with van der Waals surface area (Å²) < 4.78 is 7.46. The largest absolute Gasteiger partial charge is 0.487 e. The van der Waals surface area contributed by atoms with E-state index < -0.39 is 16.9 Å². The molecule has 0 atom stereocenters. The van der Waals surface area contributed by atoms with Crippen LogP contribution in [-0.2, 0) is 11.4 Å². The molecule has 3 rings (SSSR count). The van der Waals surface area contributed by atoms with E-state index in [2.05, 4.69) is 55.8 Å². The van der Waals surface area contributed by atoms with Crippen LogP contribution in [0, 0.1) is 17.3 Å². The van der Waals surface area contributed by atoms with Crippen LogP contribution in [0.15, 0.2) is 42.1 Å². The lowest BCUT2D eigenvalue weighted by molar-refractivity contribution is -0.384. The monoisotopic (exact) mass is 591 g/mol. The highest BCUT2D eigenvalue weighted by atomic mass is 127. The highest BCUT2D eigenvalue weighted by Gasteiger charge is 2.23. The molecule has 2 aromatic rings. The first-order chi connectivity index (χ1) is 12.8. The standard InChI is InChI=1S/C17H11I2N3O5/c18-12-5-10(7-14-16(23)21-17(24)20-14)6-13(19)15(12)27-8-9-2-1-3-11(4-9)22(25)26/h1-7H,8H2,(H2,20,21,23,24)/b14-7-. The Morgan fingerprint density at radius 2 is 1.81 bits per heavy atom. The first-order valence-corrected chi connectivity index (χ1v) is 9.68. The minimum atomic E-state index is -0.549. The zero-order valence-electron chi connectivity index (χ0n) is 13.5. The third kappa shape index (κ3) is 4.74. The fourth-order valence-electron chi connectivity index (χ4n) is 2.37. The Morgan fingerprint density at radius 1 is 1.11 bits per heavy atom. The Bertz CT molecular complexity index is 967. The molecule has 27 heavy (non-hydrogen) atoms. The molecule has 2 aromatic carbocycles. The van der Waals surface area contributed by atoms with Gasteiger partial charge in [-0.3, -0.25) is 20.2 Å². The first kappa shape index (κ1) is 19.5. The summed E-state index contributed by atoms with van der Waals surface area (Å²) >= 11 is 4.22. The van der Waals surface area contributed by atoms with Gasteiger partial charge >= 0.3 is 6.03 Å². The van der Waals surface area contributed by atoms with Crippen LogP contribution in [-0.4, -0.2) is 16.9 Å². The van der Waals surface area contributed by atoms with Crippen molar-refractivity contribution in [3.05, 3.63) is 70.5 Å². The van der Waals surface area contributed by atoms with E-state index >= 15 is 0 Å². The molecule has 138 valence electrons. The quantitative estimate of drug-likeness (QED) is 0.182. The Balaban J connectivity index is 1.78. The van der Waals surface area contributed by atoms with Gasteiger partial charge in [0.25, 0.3) is 11.6 Å². The molecule has 1 heterocycles. The van der Waals surface area contributed by atoms with Gasteiger partial charge in [-0.15, -0.1) is 0 Å². The number of amides is 3. The number of hydrogen-bond donors (Lipinski definition) is 2. The number of nitrogens with zero attached hydrogens (tertiary/aromatic N) is 1. The van der Waals surface area contributed by atoms with Crippen molar-refractivity contribution in [3.63, 3.8) is 0 Å². The zero-order valence-corrected chi connectivity index (χ0v) is 17.8. The maximum absolute atomic E-state index is 11.6. The van der Waals surface area contributed by atoms with Gasteiger partial charge in [0.1, 0.15) is 18.1 Å². The Kier molecular flexibility index (Phi) is 5.94. The van der Waals surface area contributed by atoms with Gasteiger partial charge in [-0.2, -0.15) is 0 Å². The number of carbonyl (C=O) groups is 2. The van der Waals surface area contributed by atoms with Crippen LogP contribution in [0.1, 0.15) is 11.1 Å². The highest BCUT2D eigenvalue weighted by Crippen LogP contribution is 2.30. The molecule has 0 aromatic heterocycles. The number of hydrogen-bond acceptors (Lipinski definition) is 5. The maximum atomic E-state index is 11.6. The topological polar surface area (TPSA) is 111 Å². The van der Waals surface area contributed by atoms with Crippen molar-refractivity contribution in [3.8, 4) is 5.75 Å². The molecule has 0 bridgehead atoms. The molecule has 8 nitrogen and oxygen atoms in total. The van der Waals surface area contributed by atoms with Gasteiger partial charge in [-0.1, -0.05) is 12.1 Å². The van der Waals surface area contributed by atoms with E-state index in [1.165, 1.54) is 12.1 Å². The second-order valence-corrected chi connectivity index (χ2v) is 7.82. The number of imide groups is 1. The summed E-state index contributed by atoms with van der Waals surface area (Å²) in [5.41, 5.74) is 1.61. The molecular formula is C17H11I2N3O5. The van der Waals surface area contributed by atoms with Crippen LogP contribution in [0.2, 0.25) is 0 Å². The van der Waals surface area contributed by atoms with Crippen LogP contribution in [0.5, 0.6) is 5.75 Å². The van der Waals surface area contributed by atoms with E-state index in [-0.39, 0.29) is 18.0 Å². The summed E-state index contributed by atoms with van der Waals surface area (Å²) in [5, 5.41) is 15.4. The number of benzene rings is 2. The van der Waals surface area contributed by atoms with Gasteiger partial charge in [0.05, 0.1) is 12.1 Å². The number of nitrogens with one attached hydrogen (secondary N) is 2. The third-order valence-electron chi connectivity index (χ3n) is 3.56. The normalized spacial score (nSPS) is 14.8. The first-order valence-electron chi connectivity index (χ1n) is 7.52. The third-order valence-corrected chi connectivity index (χ3v) is 5.16. The van der Waals surface area contributed by atoms with Gasteiger partial charge in [0.2, 0.25) is 0 Å². The van der Waals surface area contributed by atoms with E-state index in [0.29, 0.717) is 11.3 Å². The zero-order chi connectivity index (χ0) is 19.6. The van der Waals surface area contributed by atoms with E-state index in [9.17, 15) is 19.7 Å². The number of nitro groups is 1. The molecule has 1 aliphatic rings. The second kappa shape index (κ2) is 8.21. The minimum Gasteiger partial charge on any atom is -0.487 e. The number of halogens is 2. The summed E-state index contributed by atoms with van der Waals surface area (Å²) in [6, 6.07) is 9.35. The van der Waals surface area contributed by atoms with Crippen molar-refractivity contribution in [1.82, 2.24) is 10.6 Å². The summed E-state index contributed by atoms with van der Waals surface area (Å²) in [5.74, 6) is 0.167. The van der Waals surface area contributed by atoms with Crippen LogP contribution in [0.4, 0.5) is 10.5 Å². The van der Waals surface area contributed by atoms with Crippen molar-refractivity contribution in [1.29, 1.82) is 0 Å². The molecular weight excluding hydrogens is 580 g/mol. The highest BCUT2D eigenvalue weighted by molar-refractivity contribution is 14.1. The Labute approximate surface area is 180 Å². The lowest BCUT2D eigenvalue weighted by atomic mass is 10.2. The molecule has 2 N–H and O–H groups in total. The van der Waals surface area contributed by atoms with Crippen molar-refractivity contribution in [2.24, 2.45) is 0 Å². The van der Waals surface area contributed by atoms with Gasteiger partial charge in [-0.25, -0.2) is 4.79 Å². The molecule has 0 aliphatic carbocycles. The maximum Gasteiger partial charge on any atom is 0.326 e. The molecule has 0 spiro atoms. The van der Waals surface area contributed by atoms with Crippen molar-refractivity contribution in [2.75, 3.05) is 0 Å². The second-order valence-electron chi connectivity index (χ2n) is 5.50. The van der Waals surface area contributed by atoms with E-state index in [4.69, 9.17) is 4.74 Å². The summed E-state index contributed by atoms with van der Waals surface area (Å²) in [4.78, 5) is 33.2. The SMILES string of the molecule is O=C1NC(=O)/C(=C/c2cc(I)c(OCc3cccc([N+](=O)[O-])c3)c(I)c2)N1. The van der Waals surface area contributed by atoms with E-state index in [0.717, 1.165) is 12.7 Å². The van der Waals surface area contributed by atoms with Crippen molar-refractivity contribution in [2.45, 2.75) is 6.61 Å². The molecule has 0 saturated carbocycles. The van der Waals surface area contributed by atoms with Crippen LogP contribution in [0.3, 0.4) is 0 Å². The summed E-state index contributed by atoms with van der Waals surface area (Å²) in [6.45, 7) is 0.187. The molecule has 0 radical (unpaired) electrons. The number of nitro benzene ring substituents is 1. The summed E-state index contributed by atoms with van der Waals surface area (Å²) in [6.07, 6.45) is 1.58. The van der Waals surface area contributed by atoms with Crippen molar-refractivity contribution < 1.29 is 19.2 Å². The number of ether oxygens (including phenoxy) is 1. The molecule has 0 unspecified atom stereocenters. The summed E-state index contributed by atoms with van der Waals surface area (Å²) in [7, 11) is 0. The predicted octanol–water partition coefficient (Wildman–Crippen LogP) is 3.56. The van der Waals surface area contributed by atoms with E-state index in [1.54, 1.807) is 18.2 Å². The fourth-order valence-corrected chi connectivity index (χ4v) is 4.49. The van der Waals surface area contributed by atoms with Crippen LogP contribution >= 0.6 is 45.2 Å². The lowest BCUT2D eigenvalue weighted by Gasteiger charge is -2.12. The number of non-ortho nitro benzene ring substituents is 1. The fraction of sp³-hybridized carbons (Fsp3) is 0.0588. The van der Waals surface area contributed by atoms with Crippen LogP contribution < -0.4 is 15.4 Å². The average molecular weight is 591 g/mol. The smallest absolute Gasteiger partial charge is 0.326 e. The van der Waals surface area contributed by atoms with Gasteiger partial charge < -0.3 is 10.1 Å². The predicted molar refractivity (Wildman–Crippen MR) is 114 cm³/mol. The van der Waals surface area contributed by atoms with E-state index in [1.807, 2.05) is 12.1 Å². The number of rotatable bonds is 5. The lowest BCUT2D eigenvalue weighted by Crippen LogP contribution is -2.22. The minimum absolute atomic E-state index is 0.0133. The molecule has 10 heteroatoms. The Hall–Kier alpha value is -2.22. The van der Waals surface area contributed by atoms with Gasteiger partial charge in [-0.05, 0) is 74.5 Å². The van der Waals surface area contributed by atoms with Crippen LogP contribution in [0.25, 0.3) is 6.08 Å². The average Bonchev–Trinajstić information content (AvgIpc) is 2.91.